The molecule has 5 nitrogen and oxygen atoms in total. The third-order valence-corrected chi connectivity index (χ3v) is 5.67. The summed E-state index contributed by atoms with van der Waals surface area (Å²) in [5.74, 6) is 1.48. The largest absolute Gasteiger partial charge is 0.434 e. The Kier molecular flexibility index (Phi) is 8.34. The SMILES string of the molecule is CCNC(=NCCc1nc(C(F)(F)F)cs1)N1CCC(CN(CC)CC)C1. The zero-order valence-corrected chi connectivity index (χ0v) is 17.2. The lowest BCUT2D eigenvalue weighted by molar-refractivity contribution is -0.140. The number of rotatable bonds is 8. The number of aromatic nitrogens is 1. The van der Waals surface area contributed by atoms with Crippen LogP contribution in [0.2, 0.25) is 0 Å². The molecule has 0 radical (unpaired) electrons. The number of likely N-dealkylation sites (tertiary alicyclic amines) is 1. The van der Waals surface area contributed by atoms with E-state index < -0.39 is 11.9 Å². The Hall–Kier alpha value is -1.35. The van der Waals surface area contributed by atoms with E-state index in [2.05, 4.69) is 38.9 Å². The highest BCUT2D eigenvalue weighted by atomic mass is 32.1. The smallest absolute Gasteiger partial charge is 0.357 e. The van der Waals surface area contributed by atoms with Crippen LogP contribution in [0.15, 0.2) is 10.4 Å². The van der Waals surface area contributed by atoms with Gasteiger partial charge in [0.2, 0.25) is 0 Å². The summed E-state index contributed by atoms with van der Waals surface area (Å²) in [7, 11) is 0. The minimum Gasteiger partial charge on any atom is -0.357 e. The van der Waals surface area contributed by atoms with E-state index in [1.165, 1.54) is 0 Å². The highest BCUT2D eigenvalue weighted by molar-refractivity contribution is 7.09. The van der Waals surface area contributed by atoms with Crippen molar-refractivity contribution >= 4 is 17.3 Å². The maximum Gasteiger partial charge on any atom is 0.434 e. The van der Waals surface area contributed by atoms with Crippen LogP contribution in [0.25, 0.3) is 0 Å². The molecule has 1 aliphatic rings. The lowest BCUT2D eigenvalue weighted by Gasteiger charge is -2.24. The molecular formula is C18H30F3N5S. The third-order valence-electron chi connectivity index (χ3n) is 4.76. The molecule has 27 heavy (non-hydrogen) atoms. The topological polar surface area (TPSA) is 43.8 Å². The van der Waals surface area contributed by atoms with Gasteiger partial charge in [-0.3, -0.25) is 4.99 Å². The highest BCUT2D eigenvalue weighted by Crippen LogP contribution is 2.30. The van der Waals surface area contributed by atoms with Gasteiger partial charge in [-0.2, -0.15) is 13.2 Å². The van der Waals surface area contributed by atoms with E-state index >= 15 is 0 Å². The number of nitrogens with one attached hydrogen (secondary N) is 1. The summed E-state index contributed by atoms with van der Waals surface area (Å²) in [6.07, 6.45) is -2.81. The maximum atomic E-state index is 12.6. The van der Waals surface area contributed by atoms with E-state index in [9.17, 15) is 13.2 Å². The van der Waals surface area contributed by atoms with E-state index in [1.807, 2.05) is 6.92 Å². The summed E-state index contributed by atoms with van der Waals surface area (Å²) in [5.41, 5.74) is -0.808. The Bertz CT molecular complexity index is 598. The average Bonchev–Trinajstić information content (AvgIpc) is 3.28. The average molecular weight is 406 g/mol. The fraction of sp³-hybridized carbons (Fsp3) is 0.778. The Labute approximate surface area is 163 Å². The molecule has 154 valence electrons. The molecule has 0 aliphatic carbocycles. The monoisotopic (exact) mass is 405 g/mol. The number of nitrogens with zero attached hydrogens (tertiary/aromatic N) is 4. The highest BCUT2D eigenvalue weighted by Gasteiger charge is 2.33. The minimum atomic E-state index is -4.37. The Balaban J connectivity index is 1.90. The number of halogens is 3. The zero-order valence-electron chi connectivity index (χ0n) is 16.3. The van der Waals surface area contributed by atoms with Crippen LogP contribution >= 0.6 is 11.3 Å². The van der Waals surface area contributed by atoms with Crippen molar-refractivity contribution in [1.82, 2.24) is 20.1 Å². The predicted octanol–water partition coefficient (Wildman–Crippen LogP) is 3.33. The fourth-order valence-corrected chi connectivity index (χ4v) is 4.05. The van der Waals surface area contributed by atoms with Crippen molar-refractivity contribution in [2.24, 2.45) is 10.9 Å². The quantitative estimate of drug-likeness (QED) is 0.532. The van der Waals surface area contributed by atoms with Gasteiger partial charge in [-0.05, 0) is 32.4 Å². The second-order valence-electron chi connectivity index (χ2n) is 6.70. The summed E-state index contributed by atoms with van der Waals surface area (Å²) in [5, 5.41) is 4.85. The Morgan fingerprint density at radius 1 is 1.37 bits per heavy atom. The van der Waals surface area contributed by atoms with Crippen LogP contribution in [0.3, 0.4) is 0 Å². The molecule has 0 bridgehead atoms. The van der Waals surface area contributed by atoms with E-state index in [4.69, 9.17) is 0 Å². The molecule has 0 saturated carbocycles. The summed E-state index contributed by atoms with van der Waals surface area (Å²) >= 11 is 1.05. The van der Waals surface area contributed by atoms with Crippen LogP contribution in [-0.4, -0.2) is 66.6 Å². The van der Waals surface area contributed by atoms with Gasteiger partial charge >= 0.3 is 6.18 Å². The minimum absolute atomic E-state index is 0.423. The number of hydrogen-bond acceptors (Lipinski definition) is 4. The molecule has 9 heteroatoms. The van der Waals surface area contributed by atoms with Gasteiger partial charge in [0.05, 0.1) is 5.01 Å². The van der Waals surface area contributed by atoms with Crippen molar-refractivity contribution in [1.29, 1.82) is 0 Å². The molecule has 1 saturated heterocycles. The first-order chi connectivity index (χ1) is 12.9. The molecule has 1 aromatic heterocycles. The van der Waals surface area contributed by atoms with Crippen molar-refractivity contribution in [3.8, 4) is 0 Å². The molecule has 1 aromatic rings. The van der Waals surface area contributed by atoms with Gasteiger partial charge in [-0.25, -0.2) is 4.98 Å². The zero-order chi connectivity index (χ0) is 19.9. The fourth-order valence-electron chi connectivity index (χ4n) is 3.26. The first-order valence-electron chi connectivity index (χ1n) is 9.64. The van der Waals surface area contributed by atoms with E-state index in [1.54, 1.807) is 0 Å². The van der Waals surface area contributed by atoms with Gasteiger partial charge in [0.15, 0.2) is 11.7 Å². The van der Waals surface area contributed by atoms with Crippen LogP contribution < -0.4 is 5.32 Å². The van der Waals surface area contributed by atoms with Gasteiger partial charge in [-0.1, -0.05) is 13.8 Å². The number of thiazole rings is 1. The van der Waals surface area contributed by atoms with Crippen molar-refractivity contribution < 1.29 is 13.2 Å². The van der Waals surface area contributed by atoms with Gasteiger partial charge in [0.25, 0.3) is 0 Å². The molecule has 0 aromatic carbocycles. The summed E-state index contributed by atoms with van der Waals surface area (Å²) in [6.45, 7) is 12.8. The number of hydrogen-bond donors (Lipinski definition) is 1. The van der Waals surface area contributed by atoms with Crippen LogP contribution in [-0.2, 0) is 12.6 Å². The van der Waals surface area contributed by atoms with Crippen molar-refractivity contribution in [2.45, 2.75) is 39.8 Å². The van der Waals surface area contributed by atoms with Crippen LogP contribution in [0.1, 0.15) is 37.9 Å². The number of alkyl halides is 3. The van der Waals surface area contributed by atoms with E-state index in [0.29, 0.717) is 23.9 Å². The van der Waals surface area contributed by atoms with Crippen molar-refractivity contribution in [3.05, 3.63) is 16.1 Å². The summed E-state index contributed by atoms with van der Waals surface area (Å²) < 4.78 is 37.9. The lowest BCUT2D eigenvalue weighted by atomic mass is 10.1. The molecule has 1 N–H and O–H groups in total. The molecule has 2 heterocycles. The second kappa shape index (κ2) is 10.3. The normalized spacial score (nSPS) is 18.6. The molecular weight excluding hydrogens is 375 g/mol. The molecule has 2 rings (SSSR count). The molecule has 1 fully saturated rings. The van der Waals surface area contributed by atoms with Gasteiger partial charge in [0, 0.05) is 44.5 Å². The predicted molar refractivity (Wildman–Crippen MR) is 104 cm³/mol. The van der Waals surface area contributed by atoms with Crippen LogP contribution in [0.5, 0.6) is 0 Å². The number of aliphatic imine (C=N–C) groups is 1. The third kappa shape index (κ3) is 6.64. The van der Waals surface area contributed by atoms with Gasteiger partial charge in [-0.15, -0.1) is 11.3 Å². The van der Waals surface area contributed by atoms with Crippen LogP contribution in [0.4, 0.5) is 13.2 Å². The number of guanidine groups is 1. The molecule has 1 aliphatic heterocycles. The molecule has 1 unspecified atom stereocenters. The second-order valence-corrected chi connectivity index (χ2v) is 7.64. The van der Waals surface area contributed by atoms with Gasteiger partial charge in [0.1, 0.15) is 0 Å². The maximum absolute atomic E-state index is 12.6. The summed E-state index contributed by atoms with van der Waals surface area (Å²) in [4.78, 5) is 13.0. The molecule has 1 atom stereocenters. The molecule has 0 amide bonds. The van der Waals surface area contributed by atoms with Gasteiger partial charge < -0.3 is 15.1 Å². The summed E-state index contributed by atoms with van der Waals surface area (Å²) in [6, 6.07) is 0. The standard InChI is InChI=1S/C18H30F3N5S/c1-4-22-17(26-10-8-14(12-26)11-25(5-2)6-3)23-9-7-16-24-15(13-27-16)18(19,20)21/h13-14H,4-12H2,1-3H3,(H,22,23). The van der Waals surface area contributed by atoms with Crippen molar-refractivity contribution in [2.75, 3.05) is 45.8 Å². The van der Waals surface area contributed by atoms with E-state index in [0.717, 1.165) is 68.4 Å². The Morgan fingerprint density at radius 2 is 2.11 bits per heavy atom. The Morgan fingerprint density at radius 3 is 2.70 bits per heavy atom. The lowest BCUT2D eigenvalue weighted by Crippen LogP contribution is -2.41. The van der Waals surface area contributed by atoms with Crippen molar-refractivity contribution in [3.63, 3.8) is 0 Å². The molecule has 0 spiro atoms. The van der Waals surface area contributed by atoms with E-state index in [-0.39, 0.29) is 0 Å². The first-order valence-corrected chi connectivity index (χ1v) is 10.5. The first kappa shape index (κ1) is 21.9. The van der Waals surface area contributed by atoms with Crippen LogP contribution in [0, 0.1) is 5.92 Å².